The first-order valence-electron chi connectivity index (χ1n) is 6.62. The van der Waals surface area contributed by atoms with Gasteiger partial charge < -0.3 is 10.1 Å². The summed E-state index contributed by atoms with van der Waals surface area (Å²) in [6, 6.07) is 0. The van der Waals surface area contributed by atoms with E-state index in [-0.39, 0.29) is 6.10 Å². The summed E-state index contributed by atoms with van der Waals surface area (Å²) in [5.74, 6) is 1.68. The van der Waals surface area contributed by atoms with Gasteiger partial charge in [0, 0.05) is 18.5 Å². The molecule has 4 nitrogen and oxygen atoms in total. The molecule has 0 fully saturated rings. The van der Waals surface area contributed by atoms with Crippen molar-refractivity contribution in [1.82, 2.24) is 9.97 Å². The van der Waals surface area contributed by atoms with Crippen LogP contribution < -0.4 is 5.32 Å². The van der Waals surface area contributed by atoms with Crippen molar-refractivity contribution < 1.29 is 4.74 Å². The van der Waals surface area contributed by atoms with Crippen molar-refractivity contribution in [2.24, 2.45) is 0 Å². The van der Waals surface area contributed by atoms with Crippen LogP contribution in [-0.2, 0) is 4.74 Å². The second-order valence-electron chi connectivity index (χ2n) is 4.70. The third-order valence-electron chi connectivity index (χ3n) is 3.31. The Morgan fingerprint density at radius 1 is 1.32 bits per heavy atom. The lowest BCUT2D eigenvalue weighted by molar-refractivity contribution is 0.112. The van der Waals surface area contributed by atoms with E-state index in [1.165, 1.54) is 10.4 Å². The average Bonchev–Trinajstić information content (AvgIpc) is 2.70. The Bertz CT molecular complexity index is 580. The van der Waals surface area contributed by atoms with Crippen molar-refractivity contribution in [3.8, 4) is 0 Å². The molecular formula is C14H21N3OS. The van der Waals surface area contributed by atoms with Gasteiger partial charge in [0.1, 0.15) is 16.8 Å². The van der Waals surface area contributed by atoms with Gasteiger partial charge in [-0.25, -0.2) is 9.97 Å². The lowest BCUT2D eigenvalue weighted by atomic mass is 10.2. The Kier molecular flexibility index (Phi) is 4.37. The second kappa shape index (κ2) is 5.84. The zero-order chi connectivity index (χ0) is 14.0. The number of hydrogen-bond donors (Lipinski definition) is 1. The average molecular weight is 279 g/mol. The summed E-state index contributed by atoms with van der Waals surface area (Å²) >= 11 is 1.72. The van der Waals surface area contributed by atoms with Crippen molar-refractivity contribution in [2.45, 2.75) is 40.2 Å². The van der Waals surface area contributed by atoms with Gasteiger partial charge in [-0.05, 0) is 32.8 Å². The van der Waals surface area contributed by atoms with Gasteiger partial charge in [0.2, 0.25) is 0 Å². The number of fused-ring (bicyclic) bond motifs is 1. The first-order chi connectivity index (χ1) is 9.08. The maximum atomic E-state index is 5.33. The highest BCUT2D eigenvalue weighted by Gasteiger charge is 2.17. The lowest BCUT2D eigenvalue weighted by Gasteiger charge is -2.12. The van der Waals surface area contributed by atoms with Crippen LogP contribution in [0.25, 0.3) is 10.2 Å². The standard InChI is InChI=1S/C14H21N3OS/c1-6-7-15-13-11-8(2)10(4)19-14(11)17-12(16-13)9(3)18-5/h9H,6-7H2,1-5H3,(H,15,16,17). The molecule has 1 unspecified atom stereocenters. The van der Waals surface area contributed by atoms with E-state index < -0.39 is 0 Å². The van der Waals surface area contributed by atoms with Gasteiger partial charge in [-0.1, -0.05) is 6.92 Å². The van der Waals surface area contributed by atoms with Crippen molar-refractivity contribution in [3.05, 3.63) is 16.3 Å². The molecule has 0 radical (unpaired) electrons. The minimum Gasteiger partial charge on any atom is -0.374 e. The normalized spacial score (nSPS) is 12.9. The summed E-state index contributed by atoms with van der Waals surface area (Å²) in [6.45, 7) is 9.30. The Morgan fingerprint density at radius 2 is 2.05 bits per heavy atom. The molecule has 0 bridgehead atoms. The molecule has 0 aliphatic rings. The molecule has 0 aliphatic carbocycles. The Morgan fingerprint density at radius 3 is 2.68 bits per heavy atom. The smallest absolute Gasteiger partial charge is 0.160 e. The molecule has 2 aromatic rings. The molecule has 0 aliphatic heterocycles. The number of nitrogens with zero attached hydrogens (tertiary/aromatic N) is 2. The molecule has 0 saturated heterocycles. The quantitative estimate of drug-likeness (QED) is 0.903. The number of ether oxygens (including phenoxy) is 1. The maximum absolute atomic E-state index is 5.33. The summed E-state index contributed by atoms with van der Waals surface area (Å²) < 4.78 is 5.33. The Balaban J connectivity index is 2.58. The van der Waals surface area contributed by atoms with Gasteiger partial charge in [-0.3, -0.25) is 0 Å². The van der Waals surface area contributed by atoms with Crippen LogP contribution in [0.15, 0.2) is 0 Å². The number of hydrogen-bond acceptors (Lipinski definition) is 5. The fourth-order valence-corrected chi connectivity index (χ4v) is 2.96. The van der Waals surface area contributed by atoms with Crippen LogP contribution in [0, 0.1) is 13.8 Å². The molecule has 5 heteroatoms. The summed E-state index contributed by atoms with van der Waals surface area (Å²) in [7, 11) is 1.68. The number of methoxy groups -OCH3 is 1. The lowest BCUT2D eigenvalue weighted by Crippen LogP contribution is -2.08. The molecule has 104 valence electrons. The van der Waals surface area contributed by atoms with E-state index in [1.54, 1.807) is 18.4 Å². The van der Waals surface area contributed by atoms with Gasteiger partial charge in [0.05, 0.1) is 5.39 Å². The number of rotatable bonds is 5. The maximum Gasteiger partial charge on any atom is 0.160 e. The number of anilines is 1. The molecule has 2 heterocycles. The zero-order valence-electron chi connectivity index (χ0n) is 12.2. The van der Waals surface area contributed by atoms with Crippen LogP contribution in [0.3, 0.4) is 0 Å². The molecular weight excluding hydrogens is 258 g/mol. The SMILES string of the molecule is CCCNc1nc(C(C)OC)nc2sc(C)c(C)c12. The molecule has 0 spiro atoms. The number of aryl methyl sites for hydroxylation is 2. The van der Waals surface area contributed by atoms with Crippen LogP contribution in [0.5, 0.6) is 0 Å². The van der Waals surface area contributed by atoms with E-state index in [0.29, 0.717) is 0 Å². The van der Waals surface area contributed by atoms with Crippen molar-refractivity contribution >= 4 is 27.4 Å². The largest absolute Gasteiger partial charge is 0.374 e. The number of nitrogens with one attached hydrogen (secondary N) is 1. The van der Waals surface area contributed by atoms with Gasteiger partial charge >= 0.3 is 0 Å². The highest BCUT2D eigenvalue weighted by atomic mass is 32.1. The monoisotopic (exact) mass is 279 g/mol. The van der Waals surface area contributed by atoms with E-state index in [0.717, 1.165) is 34.8 Å². The van der Waals surface area contributed by atoms with Crippen LogP contribution in [0.4, 0.5) is 5.82 Å². The van der Waals surface area contributed by atoms with Gasteiger partial charge in [-0.15, -0.1) is 11.3 Å². The van der Waals surface area contributed by atoms with Gasteiger partial charge in [-0.2, -0.15) is 0 Å². The zero-order valence-corrected chi connectivity index (χ0v) is 13.0. The predicted molar refractivity (Wildman–Crippen MR) is 81.1 cm³/mol. The van der Waals surface area contributed by atoms with Crippen LogP contribution in [0.2, 0.25) is 0 Å². The first-order valence-corrected chi connectivity index (χ1v) is 7.44. The first kappa shape index (κ1) is 14.2. The predicted octanol–water partition coefficient (Wildman–Crippen LogP) is 3.84. The van der Waals surface area contributed by atoms with Crippen molar-refractivity contribution in [3.63, 3.8) is 0 Å². The molecule has 19 heavy (non-hydrogen) atoms. The van der Waals surface area contributed by atoms with E-state index in [4.69, 9.17) is 4.74 Å². The Labute approximate surface area is 118 Å². The second-order valence-corrected chi connectivity index (χ2v) is 5.90. The van der Waals surface area contributed by atoms with Crippen molar-refractivity contribution in [2.75, 3.05) is 19.0 Å². The third kappa shape index (κ3) is 2.72. The summed E-state index contributed by atoms with van der Waals surface area (Å²) in [5, 5.41) is 4.57. The molecule has 2 rings (SSSR count). The molecule has 0 amide bonds. The minimum atomic E-state index is -0.0886. The fraction of sp³-hybridized carbons (Fsp3) is 0.571. The molecule has 0 saturated carbocycles. The van der Waals surface area contributed by atoms with Gasteiger partial charge in [0.25, 0.3) is 0 Å². The third-order valence-corrected chi connectivity index (χ3v) is 4.41. The van der Waals surface area contributed by atoms with E-state index >= 15 is 0 Å². The topological polar surface area (TPSA) is 47.0 Å². The number of aromatic nitrogens is 2. The molecule has 1 atom stereocenters. The summed E-state index contributed by atoms with van der Waals surface area (Å²) in [4.78, 5) is 11.6. The summed E-state index contributed by atoms with van der Waals surface area (Å²) in [5.41, 5.74) is 1.27. The van der Waals surface area contributed by atoms with Gasteiger partial charge in [0.15, 0.2) is 5.82 Å². The summed E-state index contributed by atoms with van der Waals surface area (Å²) in [6.07, 6.45) is 0.984. The number of thiophene rings is 1. The molecule has 1 N–H and O–H groups in total. The van der Waals surface area contributed by atoms with E-state index in [1.807, 2.05) is 6.92 Å². The van der Waals surface area contributed by atoms with Crippen LogP contribution in [0.1, 0.15) is 42.6 Å². The Hall–Kier alpha value is -1.20. The molecule has 0 aromatic carbocycles. The minimum absolute atomic E-state index is 0.0886. The highest BCUT2D eigenvalue weighted by Crippen LogP contribution is 2.34. The van der Waals surface area contributed by atoms with Crippen LogP contribution >= 0.6 is 11.3 Å². The fourth-order valence-electron chi connectivity index (χ4n) is 1.92. The van der Waals surface area contributed by atoms with E-state index in [9.17, 15) is 0 Å². The highest BCUT2D eigenvalue weighted by molar-refractivity contribution is 7.18. The van der Waals surface area contributed by atoms with Crippen LogP contribution in [-0.4, -0.2) is 23.6 Å². The molecule has 2 aromatic heterocycles. The van der Waals surface area contributed by atoms with E-state index in [2.05, 4.69) is 36.1 Å². The van der Waals surface area contributed by atoms with Crippen molar-refractivity contribution in [1.29, 1.82) is 0 Å².